The van der Waals surface area contributed by atoms with Crippen LogP contribution in [0.25, 0.3) is 22.2 Å². The van der Waals surface area contributed by atoms with Crippen LogP contribution in [0.15, 0.2) is 109 Å². The summed E-state index contributed by atoms with van der Waals surface area (Å²) in [6.07, 6.45) is 4.14. The summed E-state index contributed by atoms with van der Waals surface area (Å²) in [5, 5.41) is 4.08. The first-order valence-corrected chi connectivity index (χ1v) is 11.4. The second-order valence-electron chi connectivity index (χ2n) is 8.34. The van der Waals surface area contributed by atoms with Gasteiger partial charge in [0.1, 0.15) is 0 Å². The lowest BCUT2D eigenvalue weighted by molar-refractivity contribution is 0.0940. The van der Waals surface area contributed by atoms with Crippen molar-refractivity contribution in [1.29, 1.82) is 0 Å². The monoisotopic (exact) mass is 443 g/mol. The first kappa shape index (κ1) is 21.5. The Morgan fingerprint density at radius 3 is 2.21 bits per heavy atom. The van der Waals surface area contributed by atoms with E-state index in [0.29, 0.717) is 12.0 Å². The molecule has 0 fully saturated rings. The minimum Gasteiger partial charge on any atom is -0.345 e. The molecule has 0 spiro atoms. The van der Waals surface area contributed by atoms with Crippen LogP contribution in [-0.2, 0) is 6.42 Å². The molecule has 4 nitrogen and oxygen atoms in total. The third-order valence-electron chi connectivity index (χ3n) is 6.04. The third kappa shape index (κ3) is 4.44. The average molecular weight is 444 g/mol. The molecule has 1 atom stereocenters. The molecule has 0 bridgehead atoms. The molecular formula is C30H25N3O. The molecule has 166 valence electrons. The Morgan fingerprint density at radius 2 is 1.47 bits per heavy atom. The summed E-state index contributed by atoms with van der Waals surface area (Å²) in [5.74, 6) is -0.101. The molecule has 2 aromatic heterocycles. The fourth-order valence-electron chi connectivity index (χ4n) is 4.32. The summed E-state index contributed by atoms with van der Waals surface area (Å²) in [5.41, 5.74) is 6.34. The number of benzene rings is 3. The fourth-order valence-corrected chi connectivity index (χ4v) is 4.32. The predicted octanol–water partition coefficient (Wildman–Crippen LogP) is 6.38. The topological polar surface area (TPSA) is 54.9 Å². The smallest absolute Gasteiger partial charge is 0.252 e. The molecule has 34 heavy (non-hydrogen) atoms. The molecule has 5 aromatic rings. The SMILES string of the molecule is CC(NC(=O)c1c(Cc2ccncc2)c(-c2ccccc2)nc2ccccc12)c1ccccc1. The minimum absolute atomic E-state index is 0.101. The second kappa shape index (κ2) is 9.67. The van der Waals surface area contributed by atoms with Gasteiger partial charge in [-0.15, -0.1) is 0 Å². The van der Waals surface area contributed by atoms with E-state index in [0.717, 1.165) is 38.9 Å². The van der Waals surface area contributed by atoms with Crippen molar-refractivity contribution >= 4 is 16.8 Å². The number of rotatable bonds is 6. The van der Waals surface area contributed by atoms with E-state index in [4.69, 9.17) is 4.98 Å². The van der Waals surface area contributed by atoms with Crippen LogP contribution in [0.1, 0.15) is 40.0 Å². The second-order valence-corrected chi connectivity index (χ2v) is 8.34. The first-order chi connectivity index (χ1) is 16.7. The normalized spacial score (nSPS) is 11.8. The van der Waals surface area contributed by atoms with E-state index in [1.807, 2.05) is 104 Å². The van der Waals surface area contributed by atoms with E-state index in [1.54, 1.807) is 12.4 Å². The van der Waals surface area contributed by atoms with Crippen LogP contribution in [0.2, 0.25) is 0 Å². The molecule has 0 radical (unpaired) electrons. The molecule has 1 amide bonds. The number of nitrogens with one attached hydrogen (secondary N) is 1. The van der Waals surface area contributed by atoms with E-state index >= 15 is 0 Å². The molecule has 0 saturated heterocycles. The van der Waals surface area contributed by atoms with Crippen LogP contribution in [0.4, 0.5) is 0 Å². The van der Waals surface area contributed by atoms with Crippen molar-refractivity contribution in [2.75, 3.05) is 0 Å². The van der Waals surface area contributed by atoms with Gasteiger partial charge in [-0.05, 0) is 41.8 Å². The number of carbonyl (C=O) groups is 1. The van der Waals surface area contributed by atoms with Crippen LogP contribution in [0.5, 0.6) is 0 Å². The molecule has 4 heteroatoms. The maximum atomic E-state index is 13.9. The van der Waals surface area contributed by atoms with Crippen molar-refractivity contribution in [2.24, 2.45) is 0 Å². The van der Waals surface area contributed by atoms with Gasteiger partial charge < -0.3 is 5.32 Å². The molecule has 0 aliphatic rings. The molecule has 0 saturated carbocycles. The van der Waals surface area contributed by atoms with Crippen molar-refractivity contribution in [3.63, 3.8) is 0 Å². The Hall–Kier alpha value is -4.31. The van der Waals surface area contributed by atoms with Crippen LogP contribution in [0.3, 0.4) is 0 Å². The summed E-state index contributed by atoms with van der Waals surface area (Å²) in [4.78, 5) is 23.1. The van der Waals surface area contributed by atoms with Gasteiger partial charge in [-0.25, -0.2) is 4.98 Å². The van der Waals surface area contributed by atoms with Crippen LogP contribution in [-0.4, -0.2) is 15.9 Å². The molecule has 2 heterocycles. The van der Waals surface area contributed by atoms with E-state index in [2.05, 4.69) is 10.3 Å². The highest BCUT2D eigenvalue weighted by atomic mass is 16.1. The van der Waals surface area contributed by atoms with Gasteiger partial charge in [0.05, 0.1) is 22.8 Å². The summed E-state index contributed by atoms with van der Waals surface area (Å²) in [6, 6.07) is 31.8. The van der Waals surface area contributed by atoms with Gasteiger partial charge in [-0.3, -0.25) is 9.78 Å². The highest BCUT2D eigenvalue weighted by Crippen LogP contribution is 2.32. The van der Waals surface area contributed by atoms with Crippen molar-refractivity contribution in [3.05, 3.63) is 132 Å². The Bertz CT molecular complexity index is 1420. The van der Waals surface area contributed by atoms with Gasteiger partial charge in [0.2, 0.25) is 0 Å². The zero-order valence-electron chi connectivity index (χ0n) is 19.0. The Labute approximate surface area is 199 Å². The first-order valence-electron chi connectivity index (χ1n) is 11.4. The summed E-state index contributed by atoms with van der Waals surface area (Å²) in [6.45, 7) is 2.01. The van der Waals surface area contributed by atoms with Gasteiger partial charge in [0, 0.05) is 29.8 Å². The Morgan fingerprint density at radius 1 is 0.824 bits per heavy atom. The lowest BCUT2D eigenvalue weighted by Crippen LogP contribution is -2.28. The number of para-hydroxylation sites is 1. The quantitative estimate of drug-likeness (QED) is 0.331. The highest BCUT2D eigenvalue weighted by Gasteiger charge is 2.23. The zero-order valence-corrected chi connectivity index (χ0v) is 19.0. The van der Waals surface area contributed by atoms with Crippen LogP contribution < -0.4 is 5.32 Å². The number of fused-ring (bicyclic) bond motifs is 1. The van der Waals surface area contributed by atoms with Crippen molar-refractivity contribution < 1.29 is 4.79 Å². The molecule has 0 aliphatic heterocycles. The summed E-state index contributed by atoms with van der Waals surface area (Å²) >= 11 is 0. The lowest BCUT2D eigenvalue weighted by atomic mass is 9.91. The number of nitrogens with zero attached hydrogens (tertiary/aromatic N) is 2. The molecule has 1 unspecified atom stereocenters. The molecule has 0 aliphatic carbocycles. The average Bonchev–Trinajstić information content (AvgIpc) is 2.89. The van der Waals surface area contributed by atoms with Gasteiger partial charge in [-0.2, -0.15) is 0 Å². The molecule has 1 N–H and O–H groups in total. The predicted molar refractivity (Wildman–Crippen MR) is 137 cm³/mol. The number of hydrogen-bond donors (Lipinski definition) is 1. The summed E-state index contributed by atoms with van der Waals surface area (Å²) < 4.78 is 0. The van der Waals surface area contributed by atoms with Gasteiger partial charge >= 0.3 is 0 Å². The summed E-state index contributed by atoms with van der Waals surface area (Å²) in [7, 11) is 0. The minimum atomic E-state index is -0.130. The van der Waals surface area contributed by atoms with E-state index in [-0.39, 0.29) is 11.9 Å². The third-order valence-corrected chi connectivity index (χ3v) is 6.04. The standard InChI is InChI=1S/C30H25N3O/c1-21(23-10-4-2-5-11-23)32-30(34)28-25-14-8-9-15-27(25)33-29(24-12-6-3-7-13-24)26(28)20-22-16-18-31-19-17-22/h2-19,21H,20H2,1H3,(H,32,34). The van der Waals surface area contributed by atoms with Gasteiger partial charge in [0.25, 0.3) is 5.91 Å². The van der Waals surface area contributed by atoms with E-state index in [9.17, 15) is 4.79 Å². The fraction of sp³-hybridized carbons (Fsp3) is 0.100. The van der Waals surface area contributed by atoms with E-state index in [1.165, 1.54) is 0 Å². The highest BCUT2D eigenvalue weighted by molar-refractivity contribution is 6.09. The maximum absolute atomic E-state index is 13.9. The van der Waals surface area contributed by atoms with E-state index < -0.39 is 0 Å². The number of pyridine rings is 2. The molecular weight excluding hydrogens is 418 g/mol. The lowest BCUT2D eigenvalue weighted by Gasteiger charge is -2.20. The number of aromatic nitrogens is 2. The van der Waals surface area contributed by atoms with Crippen molar-refractivity contribution in [2.45, 2.75) is 19.4 Å². The molecule has 5 rings (SSSR count). The van der Waals surface area contributed by atoms with Crippen molar-refractivity contribution in [3.8, 4) is 11.3 Å². The van der Waals surface area contributed by atoms with Gasteiger partial charge in [0.15, 0.2) is 0 Å². The number of hydrogen-bond acceptors (Lipinski definition) is 3. The Balaban J connectivity index is 1.69. The number of amides is 1. The van der Waals surface area contributed by atoms with Crippen molar-refractivity contribution in [1.82, 2.24) is 15.3 Å². The van der Waals surface area contributed by atoms with Crippen LogP contribution in [0, 0.1) is 0 Å². The van der Waals surface area contributed by atoms with Gasteiger partial charge in [-0.1, -0.05) is 78.9 Å². The van der Waals surface area contributed by atoms with Crippen LogP contribution >= 0.6 is 0 Å². The largest absolute Gasteiger partial charge is 0.345 e. The number of carbonyl (C=O) groups excluding carboxylic acids is 1. The molecule has 3 aromatic carbocycles. The zero-order chi connectivity index (χ0) is 23.3. The maximum Gasteiger partial charge on any atom is 0.252 e. The Kier molecular flexibility index (Phi) is 6.13.